The molecule has 0 radical (unpaired) electrons. The summed E-state index contributed by atoms with van der Waals surface area (Å²) in [6, 6.07) is 6.76. The molecule has 6 aliphatic rings. The third-order valence-electron chi connectivity index (χ3n) is 12.6. The second kappa shape index (κ2) is 9.86. The van der Waals surface area contributed by atoms with Gasteiger partial charge >= 0.3 is 11.9 Å². The van der Waals surface area contributed by atoms with Crippen molar-refractivity contribution in [1.29, 1.82) is 0 Å². The Morgan fingerprint density at radius 2 is 1.84 bits per heavy atom. The molecule has 1 spiro atoms. The van der Waals surface area contributed by atoms with Gasteiger partial charge in [0.2, 0.25) is 0 Å². The van der Waals surface area contributed by atoms with Crippen LogP contribution in [0.3, 0.4) is 0 Å². The van der Waals surface area contributed by atoms with Crippen molar-refractivity contribution in [3.05, 3.63) is 29.8 Å². The zero-order valence-corrected chi connectivity index (χ0v) is 25.6. The average Bonchev–Trinajstić information content (AvgIpc) is 3.42. The largest absolute Gasteiger partial charge is 0.454 e. The summed E-state index contributed by atoms with van der Waals surface area (Å²) in [4.78, 5) is 32.9. The molecule has 5 saturated carbocycles. The van der Waals surface area contributed by atoms with Crippen LogP contribution in [0.1, 0.15) is 56.3 Å². The van der Waals surface area contributed by atoms with Crippen LogP contribution >= 0.6 is 0 Å². The number of likely N-dealkylation sites (N-methyl/N-ethyl adjacent to an activating group) is 1. The van der Waals surface area contributed by atoms with Gasteiger partial charge in [0.1, 0.15) is 16.8 Å². The molecular formula is C32H44N2O9. The van der Waals surface area contributed by atoms with Crippen LogP contribution in [-0.4, -0.2) is 103 Å². The van der Waals surface area contributed by atoms with Crippen molar-refractivity contribution in [3.8, 4) is 0 Å². The summed E-state index contributed by atoms with van der Waals surface area (Å²) in [5.41, 5.74) is -1.16. The summed E-state index contributed by atoms with van der Waals surface area (Å²) in [6.45, 7) is 4.62. The molecule has 11 nitrogen and oxygen atoms in total. The lowest BCUT2D eigenvalue weighted by Crippen LogP contribution is -2.83. The summed E-state index contributed by atoms with van der Waals surface area (Å²) >= 11 is 0. The number of aliphatic hydroxyl groups is 2. The SMILES string of the molecule is CCN1CC2(OC(=O)c3ccccc3NOC(C)=O)CCC(OC)C34C1C(CC23)C1(O)CC(OC)C2CC4C1(O)C2OC. The molecule has 1 aliphatic heterocycles. The first-order valence-corrected chi connectivity index (χ1v) is 15.6. The normalized spacial score (nSPS) is 47.2. The van der Waals surface area contributed by atoms with E-state index in [0.29, 0.717) is 50.9 Å². The van der Waals surface area contributed by atoms with Crippen LogP contribution in [0.25, 0.3) is 0 Å². The Hall–Kier alpha value is -2.28. The number of ether oxygens (including phenoxy) is 4. The number of carbonyl (C=O) groups is 2. The third-order valence-corrected chi connectivity index (χ3v) is 12.6. The molecule has 7 rings (SSSR count). The third kappa shape index (κ3) is 3.46. The molecule has 1 saturated heterocycles. The van der Waals surface area contributed by atoms with Gasteiger partial charge in [0.05, 0.1) is 29.6 Å². The zero-order chi connectivity index (χ0) is 30.5. The average molecular weight is 601 g/mol. The lowest BCUT2D eigenvalue weighted by atomic mass is 9.44. The Kier molecular flexibility index (Phi) is 6.75. The van der Waals surface area contributed by atoms with E-state index in [-0.39, 0.29) is 47.5 Å². The molecule has 11 heteroatoms. The smallest absolute Gasteiger partial charge is 0.340 e. The number of methoxy groups -OCH3 is 3. The predicted octanol–water partition coefficient (Wildman–Crippen LogP) is 2.15. The number of hydrogen-bond acceptors (Lipinski definition) is 11. The number of likely N-dealkylation sites (tertiary alicyclic amines) is 1. The Balaban J connectivity index is 1.35. The summed E-state index contributed by atoms with van der Waals surface area (Å²) < 4.78 is 25.0. The highest BCUT2D eigenvalue weighted by Gasteiger charge is 2.89. The molecule has 1 aromatic rings. The molecule has 0 aromatic heterocycles. The highest BCUT2D eigenvalue weighted by molar-refractivity contribution is 5.96. The van der Waals surface area contributed by atoms with E-state index < -0.39 is 40.3 Å². The molecule has 12 unspecified atom stereocenters. The number of benzene rings is 1. The Bertz CT molecular complexity index is 1310. The van der Waals surface area contributed by atoms with Gasteiger partial charge in [0.15, 0.2) is 0 Å². The first-order chi connectivity index (χ1) is 20.6. The molecule has 236 valence electrons. The van der Waals surface area contributed by atoms with Gasteiger partial charge in [-0.2, -0.15) is 0 Å². The zero-order valence-electron chi connectivity index (χ0n) is 25.6. The van der Waals surface area contributed by atoms with E-state index >= 15 is 0 Å². The number of anilines is 1. The van der Waals surface area contributed by atoms with Crippen LogP contribution in [0.15, 0.2) is 24.3 Å². The first-order valence-electron chi connectivity index (χ1n) is 15.6. The second-order valence-electron chi connectivity index (χ2n) is 13.7. The standard InChI is InChI=1S/C32H44N2O9/c1-6-34-16-29(42-28(36)18-9-7-8-10-21(18)33-43-17(2)35)12-11-25(40-4)31-23(29)14-20(26(31)34)30(37)15-22(39-3)19-13-24(31)32(30,38)27(19)41-5/h7-10,19-20,22-27,33,37-38H,6,11-16H2,1-5H3. The molecule has 1 aromatic carbocycles. The lowest BCUT2D eigenvalue weighted by Gasteiger charge is -2.70. The highest BCUT2D eigenvalue weighted by atomic mass is 16.7. The number of nitrogens with one attached hydrogen (secondary N) is 1. The molecule has 12 atom stereocenters. The Morgan fingerprint density at radius 3 is 2.51 bits per heavy atom. The molecule has 3 N–H and O–H groups in total. The number of piperidine rings is 1. The van der Waals surface area contributed by atoms with E-state index in [1.165, 1.54) is 6.92 Å². The fourth-order valence-electron chi connectivity index (χ4n) is 11.5. The minimum atomic E-state index is -1.49. The van der Waals surface area contributed by atoms with Crippen LogP contribution in [0.5, 0.6) is 0 Å². The molecule has 6 fully saturated rings. The number of carbonyl (C=O) groups excluding carboxylic acids is 2. The number of para-hydroxylation sites is 1. The van der Waals surface area contributed by atoms with Crippen LogP contribution in [0, 0.1) is 29.1 Å². The summed E-state index contributed by atoms with van der Waals surface area (Å²) in [7, 11) is 5.04. The molecule has 5 aliphatic carbocycles. The van der Waals surface area contributed by atoms with E-state index in [1.807, 2.05) is 0 Å². The number of esters is 1. The maximum absolute atomic E-state index is 14.1. The first kappa shape index (κ1) is 29.4. The van der Waals surface area contributed by atoms with Crippen LogP contribution in [0.4, 0.5) is 5.69 Å². The summed E-state index contributed by atoms with van der Waals surface area (Å²) in [5, 5.41) is 25.7. The van der Waals surface area contributed by atoms with Crippen molar-refractivity contribution in [3.63, 3.8) is 0 Å². The molecule has 7 bridgehead atoms. The Morgan fingerprint density at radius 1 is 1.07 bits per heavy atom. The van der Waals surface area contributed by atoms with Gasteiger partial charge in [-0.25, -0.2) is 10.3 Å². The predicted molar refractivity (Wildman–Crippen MR) is 153 cm³/mol. The summed E-state index contributed by atoms with van der Waals surface area (Å²) in [6.07, 6.45) is 1.81. The van der Waals surface area contributed by atoms with Gasteiger partial charge in [-0.15, -0.1) is 0 Å². The lowest BCUT2D eigenvalue weighted by molar-refractivity contribution is -0.337. The number of fused-ring (bicyclic) bond motifs is 2. The molecule has 0 amide bonds. The van der Waals surface area contributed by atoms with Gasteiger partial charge < -0.3 is 34.0 Å². The van der Waals surface area contributed by atoms with Crippen LogP contribution in [0.2, 0.25) is 0 Å². The highest BCUT2D eigenvalue weighted by Crippen LogP contribution is 2.79. The number of hydrogen-bond donors (Lipinski definition) is 3. The van der Waals surface area contributed by atoms with Crippen LogP contribution < -0.4 is 5.48 Å². The minimum Gasteiger partial charge on any atom is -0.454 e. The maximum Gasteiger partial charge on any atom is 0.340 e. The van der Waals surface area contributed by atoms with E-state index in [0.717, 1.165) is 0 Å². The van der Waals surface area contributed by atoms with Crippen molar-refractivity contribution < 1.29 is 43.6 Å². The summed E-state index contributed by atoms with van der Waals surface area (Å²) in [5.74, 6) is -1.89. The molecular weight excluding hydrogens is 556 g/mol. The van der Waals surface area contributed by atoms with Crippen molar-refractivity contribution in [1.82, 2.24) is 4.90 Å². The fourth-order valence-corrected chi connectivity index (χ4v) is 11.5. The fraction of sp³-hybridized carbons (Fsp3) is 0.750. The quantitative estimate of drug-likeness (QED) is 0.299. The van der Waals surface area contributed by atoms with Crippen molar-refractivity contribution >= 4 is 17.6 Å². The Labute approximate surface area is 252 Å². The van der Waals surface area contributed by atoms with Gasteiger partial charge in [-0.1, -0.05) is 19.1 Å². The van der Waals surface area contributed by atoms with Crippen molar-refractivity contribution in [2.75, 3.05) is 39.9 Å². The topological polar surface area (TPSA) is 136 Å². The molecule has 43 heavy (non-hydrogen) atoms. The van der Waals surface area contributed by atoms with Gasteiger partial charge in [-0.3, -0.25) is 9.69 Å². The van der Waals surface area contributed by atoms with E-state index in [2.05, 4.69) is 17.3 Å². The minimum absolute atomic E-state index is 0.0559. The molecule has 1 heterocycles. The van der Waals surface area contributed by atoms with E-state index in [1.54, 1.807) is 45.6 Å². The van der Waals surface area contributed by atoms with E-state index in [4.69, 9.17) is 23.8 Å². The van der Waals surface area contributed by atoms with Crippen molar-refractivity contribution in [2.24, 2.45) is 29.1 Å². The maximum atomic E-state index is 14.1. The van der Waals surface area contributed by atoms with Crippen molar-refractivity contribution in [2.45, 2.75) is 87.1 Å². The number of nitrogens with zero attached hydrogens (tertiary/aromatic N) is 1. The van der Waals surface area contributed by atoms with E-state index in [9.17, 15) is 19.8 Å². The second-order valence-corrected chi connectivity index (χ2v) is 13.7. The monoisotopic (exact) mass is 600 g/mol. The van der Waals surface area contributed by atoms with Crippen LogP contribution in [-0.2, 0) is 28.6 Å². The number of rotatable bonds is 8. The van der Waals surface area contributed by atoms with Gasteiger partial charge in [-0.05, 0) is 44.4 Å². The van der Waals surface area contributed by atoms with Gasteiger partial charge in [0.25, 0.3) is 0 Å². The van der Waals surface area contributed by atoms with Gasteiger partial charge in [0, 0.05) is 76.3 Å².